The van der Waals surface area contributed by atoms with Crippen LogP contribution in [0.4, 0.5) is 11.5 Å². The predicted octanol–water partition coefficient (Wildman–Crippen LogP) is 0.144. The van der Waals surface area contributed by atoms with Crippen LogP contribution >= 0.6 is 0 Å². The molecule has 1 aliphatic heterocycles. The minimum Gasteiger partial charge on any atom is -0.394 e. The fraction of sp³-hybridized carbons (Fsp3) is 0.700. The lowest BCUT2D eigenvalue weighted by Crippen LogP contribution is -2.46. The Morgan fingerprint density at radius 2 is 2.00 bits per heavy atom. The maximum Gasteiger partial charge on any atom is 0.173 e. The highest BCUT2D eigenvalue weighted by atomic mass is 15.4. The molecule has 0 unspecified atom stereocenters. The van der Waals surface area contributed by atoms with Crippen molar-refractivity contribution in [3.63, 3.8) is 0 Å². The number of hydrogen-bond acceptors (Lipinski definition) is 4. The minimum absolute atomic E-state index is 0.780. The second-order valence-electron chi connectivity index (χ2n) is 4.00. The van der Waals surface area contributed by atoms with Gasteiger partial charge in [0.1, 0.15) is 0 Å². The number of rotatable bonds is 2. The molecule has 2 heterocycles. The van der Waals surface area contributed by atoms with Gasteiger partial charge in [0.2, 0.25) is 0 Å². The summed E-state index contributed by atoms with van der Waals surface area (Å²) in [7, 11) is 1.90. The van der Waals surface area contributed by atoms with Crippen molar-refractivity contribution in [2.24, 2.45) is 7.05 Å². The molecule has 0 amide bonds. The van der Waals surface area contributed by atoms with Gasteiger partial charge in [-0.3, -0.25) is 4.68 Å². The van der Waals surface area contributed by atoms with Crippen molar-refractivity contribution < 1.29 is 0 Å². The Kier molecular flexibility index (Phi) is 2.81. The van der Waals surface area contributed by atoms with E-state index in [0.29, 0.717) is 0 Å². The van der Waals surface area contributed by atoms with Crippen molar-refractivity contribution in [3.05, 3.63) is 6.20 Å². The van der Waals surface area contributed by atoms with Gasteiger partial charge in [0, 0.05) is 39.4 Å². The van der Waals surface area contributed by atoms with Crippen LogP contribution in [0.25, 0.3) is 0 Å². The van der Waals surface area contributed by atoms with Crippen LogP contribution in [0.15, 0.2) is 6.20 Å². The second kappa shape index (κ2) is 4.10. The van der Waals surface area contributed by atoms with Gasteiger partial charge in [0.15, 0.2) is 5.82 Å². The first-order valence-corrected chi connectivity index (χ1v) is 5.47. The van der Waals surface area contributed by atoms with Gasteiger partial charge in [-0.15, -0.1) is 0 Å². The lowest BCUT2D eigenvalue weighted by atomic mass is 10.3. The Balaban J connectivity index is 2.04. The molecule has 0 bridgehead atoms. The van der Waals surface area contributed by atoms with E-state index in [2.05, 4.69) is 21.8 Å². The van der Waals surface area contributed by atoms with Crippen molar-refractivity contribution in [1.29, 1.82) is 0 Å². The molecule has 1 saturated heterocycles. The van der Waals surface area contributed by atoms with Crippen LogP contribution in [-0.2, 0) is 7.05 Å². The monoisotopic (exact) mass is 209 g/mol. The van der Waals surface area contributed by atoms with Crippen molar-refractivity contribution in [1.82, 2.24) is 14.7 Å². The summed E-state index contributed by atoms with van der Waals surface area (Å²) in [6.07, 6.45) is 1.86. The number of piperazine rings is 1. The molecule has 1 aromatic heterocycles. The molecular formula is C10H19N5. The van der Waals surface area contributed by atoms with Crippen LogP contribution in [-0.4, -0.2) is 47.4 Å². The molecule has 2 rings (SSSR count). The van der Waals surface area contributed by atoms with Gasteiger partial charge < -0.3 is 15.5 Å². The quantitative estimate of drug-likeness (QED) is 0.753. The number of likely N-dealkylation sites (N-methyl/N-ethyl adjacent to an activating group) is 1. The lowest BCUT2D eigenvalue weighted by molar-refractivity contribution is 0.270. The van der Waals surface area contributed by atoms with Crippen LogP contribution in [0, 0.1) is 0 Å². The lowest BCUT2D eigenvalue weighted by Gasteiger charge is -2.34. The average molecular weight is 209 g/mol. The molecule has 0 aliphatic carbocycles. The molecular weight excluding hydrogens is 190 g/mol. The topological polar surface area (TPSA) is 50.3 Å². The van der Waals surface area contributed by atoms with Crippen molar-refractivity contribution in [3.8, 4) is 0 Å². The summed E-state index contributed by atoms with van der Waals surface area (Å²) in [5, 5.41) is 4.38. The number of anilines is 2. The van der Waals surface area contributed by atoms with Gasteiger partial charge in [-0.2, -0.15) is 5.10 Å². The molecule has 0 saturated carbocycles. The van der Waals surface area contributed by atoms with E-state index >= 15 is 0 Å². The summed E-state index contributed by atoms with van der Waals surface area (Å²) >= 11 is 0. The Hall–Kier alpha value is -1.23. The molecule has 0 radical (unpaired) electrons. The number of nitrogens with zero attached hydrogens (tertiary/aromatic N) is 4. The molecule has 1 aromatic rings. The molecule has 5 nitrogen and oxygen atoms in total. The zero-order valence-corrected chi connectivity index (χ0v) is 9.48. The first kappa shape index (κ1) is 10.3. The first-order valence-electron chi connectivity index (χ1n) is 5.47. The predicted molar refractivity (Wildman–Crippen MR) is 61.9 cm³/mol. The SMILES string of the molecule is CCN1CCN(c2nn(C)cc2N)CC1. The fourth-order valence-electron chi connectivity index (χ4n) is 2.02. The molecule has 0 spiro atoms. The van der Waals surface area contributed by atoms with Crippen LogP contribution in [0.5, 0.6) is 0 Å². The molecule has 15 heavy (non-hydrogen) atoms. The molecule has 1 aliphatic rings. The summed E-state index contributed by atoms with van der Waals surface area (Å²) in [6.45, 7) is 7.58. The van der Waals surface area contributed by atoms with Crippen LogP contribution in [0.2, 0.25) is 0 Å². The Bertz CT molecular complexity index is 325. The van der Waals surface area contributed by atoms with Gasteiger partial charge in [-0.05, 0) is 6.54 Å². The average Bonchev–Trinajstić information content (AvgIpc) is 2.58. The Labute approximate surface area is 90.4 Å². The molecule has 84 valence electrons. The smallest absolute Gasteiger partial charge is 0.173 e. The number of nitrogens with two attached hydrogens (primary N) is 1. The van der Waals surface area contributed by atoms with Crippen molar-refractivity contribution in [2.75, 3.05) is 43.4 Å². The van der Waals surface area contributed by atoms with Gasteiger partial charge in [-0.25, -0.2) is 0 Å². The van der Waals surface area contributed by atoms with E-state index in [4.69, 9.17) is 5.73 Å². The van der Waals surface area contributed by atoms with E-state index in [0.717, 1.165) is 44.2 Å². The summed E-state index contributed by atoms with van der Waals surface area (Å²) in [4.78, 5) is 4.71. The maximum atomic E-state index is 5.90. The van der Waals surface area contributed by atoms with E-state index in [1.165, 1.54) is 0 Å². The van der Waals surface area contributed by atoms with Crippen LogP contribution < -0.4 is 10.6 Å². The number of nitrogen functional groups attached to an aromatic ring is 1. The highest BCUT2D eigenvalue weighted by molar-refractivity contribution is 5.61. The van der Waals surface area contributed by atoms with E-state index < -0.39 is 0 Å². The Morgan fingerprint density at radius 3 is 2.47 bits per heavy atom. The zero-order chi connectivity index (χ0) is 10.8. The van der Waals surface area contributed by atoms with E-state index in [-0.39, 0.29) is 0 Å². The Morgan fingerprint density at radius 1 is 1.33 bits per heavy atom. The van der Waals surface area contributed by atoms with Crippen molar-refractivity contribution in [2.45, 2.75) is 6.92 Å². The number of aromatic nitrogens is 2. The first-order chi connectivity index (χ1) is 7.20. The van der Waals surface area contributed by atoms with E-state index in [9.17, 15) is 0 Å². The normalized spacial score (nSPS) is 18.4. The van der Waals surface area contributed by atoms with Crippen LogP contribution in [0.3, 0.4) is 0 Å². The van der Waals surface area contributed by atoms with Gasteiger partial charge in [0.05, 0.1) is 5.69 Å². The zero-order valence-electron chi connectivity index (χ0n) is 9.48. The summed E-state index contributed by atoms with van der Waals surface area (Å²) in [5.74, 6) is 0.938. The largest absolute Gasteiger partial charge is 0.394 e. The van der Waals surface area contributed by atoms with E-state index in [1.807, 2.05) is 13.2 Å². The standard InChI is InChI=1S/C10H19N5/c1-3-14-4-6-15(7-5-14)10-9(11)8-13(2)12-10/h8H,3-7,11H2,1-2H3. The van der Waals surface area contributed by atoms with E-state index in [1.54, 1.807) is 4.68 Å². The molecule has 0 aromatic carbocycles. The molecule has 5 heteroatoms. The molecule has 0 atom stereocenters. The third-order valence-corrected chi connectivity index (χ3v) is 2.96. The molecule has 2 N–H and O–H groups in total. The summed E-state index contributed by atoms with van der Waals surface area (Å²) < 4.78 is 1.77. The summed E-state index contributed by atoms with van der Waals surface area (Å²) in [6, 6.07) is 0. The molecule has 1 fully saturated rings. The van der Waals surface area contributed by atoms with Gasteiger partial charge in [-0.1, -0.05) is 6.92 Å². The third kappa shape index (κ3) is 2.07. The fourth-order valence-corrected chi connectivity index (χ4v) is 2.02. The summed E-state index contributed by atoms with van der Waals surface area (Å²) in [5.41, 5.74) is 6.68. The number of hydrogen-bond donors (Lipinski definition) is 1. The highest BCUT2D eigenvalue weighted by Gasteiger charge is 2.19. The number of aryl methyl sites for hydroxylation is 1. The van der Waals surface area contributed by atoms with Crippen LogP contribution in [0.1, 0.15) is 6.92 Å². The third-order valence-electron chi connectivity index (χ3n) is 2.96. The van der Waals surface area contributed by atoms with Gasteiger partial charge in [0.25, 0.3) is 0 Å². The van der Waals surface area contributed by atoms with Gasteiger partial charge >= 0.3 is 0 Å². The maximum absolute atomic E-state index is 5.90. The second-order valence-corrected chi connectivity index (χ2v) is 4.00. The minimum atomic E-state index is 0.780. The van der Waals surface area contributed by atoms with Crippen molar-refractivity contribution >= 4 is 11.5 Å². The highest BCUT2D eigenvalue weighted by Crippen LogP contribution is 2.21.